The lowest BCUT2D eigenvalue weighted by atomic mass is 10.1. The van der Waals surface area contributed by atoms with Crippen LogP contribution in [0.3, 0.4) is 0 Å². The predicted octanol–water partition coefficient (Wildman–Crippen LogP) is -0.735. The Morgan fingerprint density at radius 2 is 1.95 bits per heavy atom. The number of nitrogens with two attached hydrogens (primary N) is 1. The number of nitro groups is 1. The van der Waals surface area contributed by atoms with Crippen molar-refractivity contribution in [2.45, 2.75) is 57.3 Å². The third-order valence-electron chi connectivity index (χ3n) is 5.42. The maximum atomic E-state index is 12.8. The second-order valence-electron chi connectivity index (χ2n) is 8.27. The Hall–Kier alpha value is -4.76. The largest absolute Gasteiger partial charge is 0.480 e. The van der Waals surface area contributed by atoms with Crippen LogP contribution in [0.2, 0.25) is 0 Å². The van der Waals surface area contributed by atoms with Crippen molar-refractivity contribution in [1.29, 1.82) is 0 Å². The van der Waals surface area contributed by atoms with E-state index in [2.05, 4.69) is 15.6 Å². The maximum Gasteiger partial charge on any atom is 0.417 e. The van der Waals surface area contributed by atoms with E-state index in [9.17, 15) is 39.2 Å². The number of aliphatic carboxylic acids is 1. The van der Waals surface area contributed by atoms with Gasteiger partial charge in [0.25, 0.3) is 5.96 Å². The molecular formula is C22H29N7O9. The van der Waals surface area contributed by atoms with Gasteiger partial charge in [0.1, 0.15) is 24.7 Å². The van der Waals surface area contributed by atoms with Crippen LogP contribution >= 0.6 is 0 Å². The van der Waals surface area contributed by atoms with Gasteiger partial charge in [-0.2, -0.15) is 0 Å². The van der Waals surface area contributed by atoms with Crippen LogP contribution in [0.5, 0.6) is 0 Å². The molecule has 206 valence electrons. The Labute approximate surface area is 216 Å². The molecule has 6 N–H and O–H groups in total. The molecule has 0 saturated carbocycles. The molecule has 1 aliphatic heterocycles. The van der Waals surface area contributed by atoms with Crippen LogP contribution in [-0.2, 0) is 30.5 Å². The van der Waals surface area contributed by atoms with Crippen LogP contribution in [0.15, 0.2) is 35.3 Å². The molecule has 1 fully saturated rings. The third kappa shape index (κ3) is 9.03. The van der Waals surface area contributed by atoms with Gasteiger partial charge in [0, 0.05) is 13.0 Å². The average Bonchev–Trinajstić information content (AvgIpc) is 3.25. The summed E-state index contributed by atoms with van der Waals surface area (Å²) < 4.78 is 5.16. The van der Waals surface area contributed by atoms with Gasteiger partial charge in [-0.05, 0) is 31.7 Å². The van der Waals surface area contributed by atoms with E-state index in [0.29, 0.717) is 10.5 Å². The lowest BCUT2D eigenvalue weighted by Gasteiger charge is -2.24. The van der Waals surface area contributed by atoms with Crippen molar-refractivity contribution in [3.63, 3.8) is 0 Å². The number of guanidine groups is 1. The molecule has 0 spiro atoms. The first-order valence-corrected chi connectivity index (χ1v) is 11.6. The number of aliphatic imine (C=N–C) groups is 1. The van der Waals surface area contributed by atoms with Crippen LogP contribution in [0.1, 0.15) is 38.2 Å². The maximum absolute atomic E-state index is 12.8. The van der Waals surface area contributed by atoms with Gasteiger partial charge in [0.2, 0.25) is 17.7 Å². The molecule has 0 radical (unpaired) electrons. The van der Waals surface area contributed by atoms with Crippen molar-refractivity contribution in [3.8, 4) is 0 Å². The van der Waals surface area contributed by atoms with Gasteiger partial charge in [-0.1, -0.05) is 35.8 Å². The molecule has 2 rings (SSSR count). The third-order valence-corrected chi connectivity index (χ3v) is 5.42. The second-order valence-corrected chi connectivity index (χ2v) is 8.27. The Morgan fingerprint density at radius 3 is 2.58 bits per heavy atom. The number of likely N-dealkylation sites (tertiary alicyclic amines) is 1. The number of imide groups is 1. The Kier molecular flexibility index (Phi) is 10.9. The van der Waals surface area contributed by atoms with Crippen LogP contribution in [-0.4, -0.2) is 75.5 Å². The number of benzene rings is 1. The van der Waals surface area contributed by atoms with Crippen molar-refractivity contribution < 1.29 is 38.8 Å². The highest BCUT2D eigenvalue weighted by Gasteiger charge is 2.42. The minimum absolute atomic E-state index is 0.0339. The number of nitrogens with one attached hydrogen (secondary N) is 3. The standard InChI is InChI=1S/C22H29N7O9/c1-13(18(31)26-15(20(33)34)8-5-11-24-21(23)27-29(36)37)25-19(32)16-9-10-17(30)28(16)22(35)38-12-14-6-3-2-4-7-14/h2-4,6-7,13,15-16H,5,8-12H2,1H3,(H,25,32)(H,26,31)(H,33,34)(H3,23,24,27)/t13-,15-,16-/m0/s1. The van der Waals surface area contributed by atoms with Crippen LogP contribution in [0.25, 0.3) is 0 Å². The van der Waals surface area contributed by atoms with Crippen molar-refractivity contribution >= 4 is 35.7 Å². The molecule has 1 saturated heterocycles. The fourth-order valence-electron chi connectivity index (χ4n) is 3.50. The SMILES string of the molecule is C[C@H](NC(=O)[C@@H]1CCC(=O)N1C(=O)OCc1ccccc1)C(=O)N[C@@H](CCCN=C(N)N[N+](=O)[O-])C(=O)O. The number of ether oxygens (including phenoxy) is 1. The smallest absolute Gasteiger partial charge is 0.417 e. The summed E-state index contributed by atoms with van der Waals surface area (Å²) in [7, 11) is 0. The van der Waals surface area contributed by atoms with Gasteiger partial charge in [-0.3, -0.25) is 14.4 Å². The van der Waals surface area contributed by atoms with E-state index in [1.807, 2.05) is 0 Å². The molecule has 1 heterocycles. The molecule has 1 aromatic carbocycles. The van der Waals surface area contributed by atoms with Gasteiger partial charge in [0.15, 0.2) is 5.03 Å². The summed E-state index contributed by atoms with van der Waals surface area (Å²) in [5, 5.41) is 23.4. The number of hydrogen-bond acceptors (Lipinski definition) is 9. The van der Waals surface area contributed by atoms with E-state index in [0.717, 1.165) is 0 Å². The molecule has 1 aliphatic rings. The molecule has 0 unspecified atom stereocenters. The van der Waals surface area contributed by atoms with E-state index in [4.69, 9.17) is 10.5 Å². The van der Waals surface area contributed by atoms with Crippen molar-refractivity contribution in [2.24, 2.45) is 10.7 Å². The molecule has 16 nitrogen and oxygen atoms in total. The summed E-state index contributed by atoms with van der Waals surface area (Å²) in [6, 6.07) is 5.03. The van der Waals surface area contributed by atoms with E-state index >= 15 is 0 Å². The summed E-state index contributed by atoms with van der Waals surface area (Å²) in [5.74, 6) is -3.98. The van der Waals surface area contributed by atoms with Gasteiger partial charge >= 0.3 is 12.1 Å². The zero-order chi connectivity index (χ0) is 28.2. The molecule has 4 amide bonds. The van der Waals surface area contributed by atoms with Crippen molar-refractivity contribution in [3.05, 3.63) is 46.0 Å². The van der Waals surface area contributed by atoms with Crippen LogP contribution in [0.4, 0.5) is 4.79 Å². The minimum atomic E-state index is -1.34. The lowest BCUT2D eigenvalue weighted by molar-refractivity contribution is -0.525. The highest BCUT2D eigenvalue weighted by molar-refractivity contribution is 6.01. The van der Waals surface area contributed by atoms with E-state index < -0.39 is 58.9 Å². The zero-order valence-corrected chi connectivity index (χ0v) is 20.5. The minimum Gasteiger partial charge on any atom is -0.480 e. The first-order chi connectivity index (χ1) is 18.0. The topological polar surface area (TPSA) is 236 Å². The predicted molar refractivity (Wildman–Crippen MR) is 130 cm³/mol. The molecular weight excluding hydrogens is 506 g/mol. The summed E-state index contributed by atoms with van der Waals surface area (Å²) in [5.41, 5.74) is 7.60. The number of carbonyl (C=O) groups is 5. The molecule has 0 bridgehead atoms. The van der Waals surface area contributed by atoms with Crippen LogP contribution < -0.4 is 21.8 Å². The van der Waals surface area contributed by atoms with E-state index in [-0.39, 0.29) is 38.8 Å². The average molecular weight is 536 g/mol. The monoisotopic (exact) mass is 535 g/mol. The number of amides is 4. The van der Waals surface area contributed by atoms with Crippen molar-refractivity contribution in [1.82, 2.24) is 21.0 Å². The number of carboxylic acids is 1. The summed E-state index contributed by atoms with van der Waals surface area (Å²) in [6.45, 7) is 1.18. The molecule has 16 heteroatoms. The quantitative estimate of drug-likeness (QED) is 0.0735. The summed E-state index contributed by atoms with van der Waals surface area (Å²) in [6.07, 6.45) is -0.968. The van der Waals surface area contributed by atoms with Gasteiger partial charge in [-0.25, -0.2) is 29.6 Å². The van der Waals surface area contributed by atoms with E-state index in [1.165, 1.54) is 6.92 Å². The number of hydrogen-bond donors (Lipinski definition) is 5. The normalized spacial score (nSPS) is 16.8. The number of carbonyl (C=O) groups excluding carboxylic acids is 4. The second kappa shape index (κ2) is 14.1. The summed E-state index contributed by atoms with van der Waals surface area (Å²) >= 11 is 0. The highest BCUT2D eigenvalue weighted by atomic mass is 16.7. The Bertz CT molecular complexity index is 1080. The molecule has 38 heavy (non-hydrogen) atoms. The molecule has 1 aromatic rings. The number of rotatable bonds is 12. The molecule has 3 atom stereocenters. The fraction of sp³-hybridized carbons (Fsp3) is 0.455. The Balaban J connectivity index is 1.89. The van der Waals surface area contributed by atoms with Crippen molar-refractivity contribution in [2.75, 3.05) is 6.54 Å². The molecule has 0 aliphatic carbocycles. The first kappa shape index (κ1) is 29.5. The summed E-state index contributed by atoms with van der Waals surface area (Å²) in [4.78, 5) is 76.2. The van der Waals surface area contributed by atoms with Gasteiger partial charge < -0.3 is 26.2 Å². The van der Waals surface area contributed by atoms with E-state index in [1.54, 1.807) is 35.8 Å². The van der Waals surface area contributed by atoms with Gasteiger partial charge in [-0.15, -0.1) is 0 Å². The zero-order valence-electron chi connectivity index (χ0n) is 20.5. The van der Waals surface area contributed by atoms with Gasteiger partial charge in [0.05, 0.1) is 0 Å². The lowest BCUT2D eigenvalue weighted by Crippen LogP contribution is -2.54. The highest BCUT2D eigenvalue weighted by Crippen LogP contribution is 2.21. The molecule has 0 aromatic heterocycles. The fourth-order valence-corrected chi connectivity index (χ4v) is 3.50. The van der Waals surface area contributed by atoms with Crippen LogP contribution in [0, 0.1) is 10.1 Å². The number of nitrogens with zero attached hydrogens (tertiary/aromatic N) is 3. The number of hydrazine groups is 1. The Morgan fingerprint density at radius 1 is 1.26 bits per heavy atom. The first-order valence-electron chi connectivity index (χ1n) is 11.6. The number of carboxylic acid groups (broad SMARTS) is 1.